The van der Waals surface area contributed by atoms with Crippen LogP contribution in [0.1, 0.15) is 17.8 Å². The zero-order valence-corrected chi connectivity index (χ0v) is 11.1. The first kappa shape index (κ1) is 13.0. The van der Waals surface area contributed by atoms with Crippen LogP contribution < -0.4 is 0 Å². The molecule has 1 heterocycles. The van der Waals surface area contributed by atoms with Crippen LogP contribution >= 0.6 is 33.3 Å². The molecule has 84 valence electrons. The van der Waals surface area contributed by atoms with E-state index < -0.39 is 21.2 Å². The number of aromatic nitrogens is 1. The van der Waals surface area contributed by atoms with Crippen molar-refractivity contribution in [1.29, 1.82) is 0 Å². The van der Waals surface area contributed by atoms with E-state index in [0.29, 0.717) is 0 Å². The first-order chi connectivity index (χ1) is 6.73. The summed E-state index contributed by atoms with van der Waals surface area (Å²) in [6.45, 7) is 1.44. The van der Waals surface area contributed by atoms with Crippen molar-refractivity contribution in [2.24, 2.45) is 0 Å². The fourth-order valence-corrected chi connectivity index (χ4v) is 3.47. The van der Waals surface area contributed by atoms with Crippen molar-refractivity contribution >= 4 is 42.3 Å². The number of hydrogen-bond donors (Lipinski definition) is 0. The average molecular weight is 368 g/mol. The van der Waals surface area contributed by atoms with Crippen molar-refractivity contribution in [2.75, 3.05) is 0 Å². The fourth-order valence-electron chi connectivity index (χ4n) is 0.940. The Hall–Kier alpha value is -0.0200. The van der Waals surface area contributed by atoms with Gasteiger partial charge in [0.05, 0.1) is 14.2 Å². The molecule has 0 aliphatic rings. The van der Waals surface area contributed by atoms with Crippen molar-refractivity contribution in [3.63, 3.8) is 0 Å². The minimum atomic E-state index is -4.02. The lowest BCUT2D eigenvalue weighted by molar-refractivity contribution is 0.145. The third-order valence-electron chi connectivity index (χ3n) is 1.60. The van der Waals surface area contributed by atoms with Gasteiger partial charge in [-0.1, -0.05) is 0 Å². The maximum atomic E-state index is 12.3. The van der Waals surface area contributed by atoms with Crippen molar-refractivity contribution in [3.05, 3.63) is 21.0 Å². The van der Waals surface area contributed by atoms with Gasteiger partial charge in [0, 0.05) is 10.7 Å². The zero-order valence-electron chi connectivity index (χ0n) is 7.34. The summed E-state index contributed by atoms with van der Waals surface area (Å²) >= 11 is 1.70. The molecule has 0 amide bonds. The van der Waals surface area contributed by atoms with Gasteiger partial charge < -0.3 is 0 Å². The summed E-state index contributed by atoms with van der Waals surface area (Å²) < 4.78 is 47.1. The van der Waals surface area contributed by atoms with Crippen LogP contribution in [-0.2, 0) is 9.05 Å². The predicted molar refractivity (Wildman–Crippen MR) is 59.7 cm³/mol. The monoisotopic (exact) mass is 367 g/mol. The molecule has 0 saturated carbocycles. The second kappa shape index (κ2) is 4.46. The van der Waals surface area contributed by atoms with Crippen molar-refractivity contribution < 1.29 is 17.2 Å². The molecular weight excluding hydrogens is 363 g/mol. The molecule has 0 bridgehead atoms. The molecule has 15 heavy (non-hydrogen) atoms. The lowest BCUT2D eigenvalue weighted by atomic mass is 10.3. The summed E-state index contributed by atoms with van der Waals surface area (Å²) in [6, 6.07) is 0.793. The topological polar surface area (TPSA) is 47.0 Å². The summed E-state index contributed by atoms with van der Waals surface area (Å²) in [7, 11) is 1.09. The first-order valence-corrected chi connectivity index (χ1v) is 7.02. The Morgan fingerprint density at radius 2 is 2.07 bits per heavy atom. The summed E-state index contributed by atoms with van der Waals surface area (Å²) in [6.07, 6.45) is -2.82. The molecule has 0 unspecified atom stereocenters. The smallest absolute Gasteiger partial charge is 0.251 e. The van der Waals surface area contributed by atoms with Crippen LogP contribution in [0, 0.1) is 10.5 Å². The Morgan fingerprint density at radius 1 is 1.53 bits per heavy atom. The maximum absolute atomic E-state index is 12.3. The molecule has 0 fully saturated rings. The molecule has 1 aromatic heterocycles. The van der Waals surface area contributed by atoms with E-state index in [1.807, 2.05) is 0 Å². The van der Waals surface area contributed by atoms with Crippen molar-refractivity contribution in [2.45, 2.75) is 18.2 Å². The van der Waals surface area contributed by atoms with Crippen LogP contribution in [-0.4, -0.2) is 13.4 Å². The number of pyridine rings is 1. The summed E-state index contributed by atoms with van der Waals surface area (Å²) in [4.78, 5) is 3.24. The van der Waals surface area contributed by atoms with Crippen LogP contribution in [0.15, 0.2) is 11.0 Å². The second-order valence-corrected chi connectivity index (χ2v) is 6.30. The number of rotatable bonds is 2. The normalized spacial score (nSPS) is 12.1. The van der Waals surface area contributed by atoms with Crippen molar-refractivity contribution in [1.82, 2.24) is 4.98 Å². The molecule has 1 aromatic rings. The highest BCUT2D eigenvalue weighted by Gasteiger charge is 2.21. The van der Waals surface area contributed by atoms with Gasteiger partial charge in [-0.3, -0.25) is 4.98 Å². The second-order valence-electron chi connectivity index (χ2n) is 2.68. The summed E-state index contributed by atoms with van der Waals surface area (Å²) in [5.74, 6) is 0. The molecule has 0 aliphatic carbocycles. The minimum absolute atomic E-state index is 0.215. The van der Waals surface area contributed by atoms with E-state index in [4.69, 9.17) is 10.7 Å². The molecule has 0 spiro atoms. The van der Waals surface area contributed by atoms with Crippen LogP contribution in [0.3, 0.4) is 0 Å². The van der Waals surface area contributed by atoms with Gasteiger partial charge in [0.25, 0.3) is 15.5 Å². The van der Waals surface area contributed by atoms with E-state index in [2.05, 4.69) is 4.98 Å². The predicted octanol–water partition coefficient (Wildman–Crippen LogP) is 2.86. The third kappa shape index (κ3) is 2.97. The van der Waals surface area contributed by atoms with Crippen LogP contribution in [0.4, 0.5) is 8.78 Å². The van der Waals surface area contributed by atoms with Crippen molar-refractivity contribution in [3.8, 4) is 0 Å². The van der Waals surface area contributed by atoms with E-state index in [1.54, 1.807) is 22.6 Å². The third-order valence-corrected chi connectivity index (χ3v) is 4.67. The first-order valence-electron chi connectivity index (χ1n) is 3.63. The fraction of sp³-hybridized carbons (Fsp3) is 0.286. The van der Waals surface area contributed by atoms with Gasteiger partial charge in [0.15, 0.2) is 0 Å². The van der Waals surface area contributed by atoms with Crippen LogP contribution in [0.2, 0.25) is 0 Å². The molecule has 0 N–H and O–H groups in total. The maximum Gasteiger partial charge on any atom is 0.280 e. The molecule has 0 aromatic carbocycles. The molecule has 3 nitrogen and oxygen atoms in total. The highest BCUT2D eigenvalue weighted by Crippen LogP contribution is 2.28. The van der Waals surface area contributed by atoms with Gasteiger partial charge in [-0.25, -0.2) is 17.2 Å². The van der Waals surface area contributed by atoms with E-state index in [1.165, 1.54) is 6.92 Å². The van der Waals surface area contributed by atoms with Gasteiger partial charge >= 0.3 is 0 Å². The summed E-state index contributed by atoms with van der Waals surface area (Å²) in [5, 5.41) is 0. The molecule has 1 rings (SSSR count). The standard InChI is InChI=1S/C7H5ClF2INO2S/c1-3-6(11)5(15(8,13)14)2-4(12-3)7(9)10/h2,7H,1H3. The Labute approximate surface area is 103 Å². The van der Waals surface area contributed by atoms with E-state index in [0.717, 1.165) is 6.07 Å². The SMILES string of the molecule is Cc1nc(C(F)F)cc(S(=O)(=O)Cl)c1I. The Kier molecular flexibility index (Phi) is 3.88. The zero-order chi connectivity index (χ0) is 11.8. The number of nitrogens with zero attached hydrogens (tertiary/aromatic N) is 1. The molecule has 0 saturated heterocycles. The number of hydrogen-bond acceptors (Lipinski definition) is 3. The molecule has 0 aliphatic heterocycles. The van der Waals surface area contributed by atoms with Gasteiger partial charge in [0.2, 0.25) is 0 Å². The van der Waals surface area contributed by atoms with Crippen LogP contribution in [0.5, 0.6) is 0 Å². The Morgan fingerprint density at radius 3 is 2.47 bits per heavy atom. The minimum Gasteiger partial charge on any atom is -0.251 e. The molecule has 8 heteroatoms. The summed E-state index contributed by atoms with van der Waals surface area (Å²) in [5.41, 5.74) is -0.375. The number of aryl methyl sites for hydroxylation is 1. The Bertz CT molecular complexity index is 492. The van der Waals surface area contributed by atoms with Gasteiger partial charge in [-0.05, 0) is 35.6 Å². The largest absolute Gasteiger partial charge is 0.280 e. The molecule has 0 atom stereocenters. The molecule has 0 radical (unpaired) electrons. The Balaban J connectivity index is 3.52. The van der Waals surface area contributed by atoms with Crippen LogP contribution in [0.25, 0.3) is 0 Å². The van der Waals surface area contributed by atoms with E-state index in [9.17, 15) is 17.2 Å². The van der Waals surface area contributed by atoms with Gasteiger partial charge in [-0.15, -0.1) is 0 Å². The van der Waals surface area contributed by atoms with E-state index >= 15 is 0 Å². The number of alkyl halides is 2. The molecular formula is C7H5ClF2INO2S. The lowest BCUT2D eigenvalue weighted by Crippen LogP contribution is -2.03. The van der Waals surface area contributed by atoms with E-state index in [-0.39, 0.29) is 14.2 Å². The number of halogens is 4. The van der Waals surface area contributed by atoms with Gasteiger partial charge in [0.1, 0.15) is 5.69 Å². The highest BCUT2D eigenvalue weighted by molar-refractivity contribution is 14.1. The lowest BCUT2D eigenvalue weighted by Gasteiger charge is -2.06. The van der Waals surface area contributed by atoms with Gasteiger partial charge in [-0.2, -0.15) is 0 Å². The highest BCUT2D eigenvalue weighted by atomic mass is 127. The quantitative estimate of drug-likeness (QED) is 0.596. The average Bonchev–Trinajstić information content (AvgIpc) is 2.06.